The van der Waals surface area contributed by atoms with E-state index in [2.05, 4.69) is 58.6 Å². The first-order chi connectivity index (χ1) is 20.3. The van der Waals surface area contributed by atoms with Crippen molar-refractivity contribution >= 4 is 50.0 Å². The van der Waals surface area contributed by atoms with E-state index in [1.165, 1.54) is 22.5 Å². The molecule has 10 heteroatoms. The fraction of sp³-hybridized carbons (Fsp3) is 0.312. The SMILES string of the molecule is Cc1sc(NC(=O)N(CCC(c2ccccc2)c2ccccc2)C2CCSCC2)nc1-c1ccc(NS(C)(=O)=O)cc1. The van der Waals surface area contributed by atoms with Crippen LogP contribution >= 0.6 is 23.1 Å². The molecule has 1 saturated heterocycles. The van der Waals surface area contributed by atoms with Gasteiger partial charge in [0, 0.05) is 34.6 Å². The highest BCUT2D eigenvalue weighted by Crippen LogP contribution is 2.33. The molecule has 0 bridgehead atoms. The Labute approximate surface area is 256 Å². The highest BCUT2D eigenvalue weighted by atomic mass is 32.2. The third-order valence-corrected chi connectivity index (χ3v) is 9.97. The van der Waals surface area contributed by atoms with E-state index in [-0.39, 0.29) is 18.0 Å². The van der Waals surface area contributed by atoms with Crippen molar-refractivity contribution in [2.75, 3.05) is 34.3 Å². The van der Waals surface area contributed by atoms with E-state index < -0.39 is 10.0 Å². The first-order valence-corrected chi connectivity index (χ1v) is 17.9. The lowest BCUT2D eigenvalue weighted by Crippen LogP contribution is -2.45. The fourth-order valence-electron chi connectivity index (χ4n) is 5.40. The lowest BCUT2D eigenvalue weighted by molar-refractivity contribution is 0.180. The number of sulfonamides is 1. The molecule has 220 valence electrons. The Morgan fingerprint density at radius 3 is 2.12 bits per heavy atom. The van der Waals surface area contributed by atoms with Crippen molar-refractivity contribution in [1.82, 2.24) is 9.88 Å². The van der Waals surface area contributed by atoms with Gasteiger partial charge in [-0.25, -0.2) is 18.2 Å². The number of aromatic nitrogens is 1. The average molecular weight is 621 g/mol. The van der Waals surface area contributed by atoms with Crippen LogP contribution < -0.4 is 10.0 Å². The Morgan fingerprint density at radius 2 is 1.55 bits per heavy atom. The molecule has 0 spiro atoms. The molecule has 7 nitrogen and oxygen atoms in total. The number of nitrogens with zero attached hydrogens (tertiary/aromatic N) is 2. The predicted molar refractivity (Wildman–Crippen MR) is 176 cm³/mol. The molecule has 3 aromatic carbocycles. The Balaban J connectivity index is 1.33. The number of rotatable bonds is 10. The smallest absolute Gasteiger partial charge is 0.321 e. The number of aryl methyl sites for hydroxylation is 1. The minimum atomic E-state index is -3.35. The van der Waals surface area contributed by atoms with Gasteiger partial charge in [-0.2, -0.15) is 11.8 Å². The van der Waals surface area contributed by atoms with E-state index in [1.807, 2.05) is 47.9 Å². The maximum atomic E-state index is 13.8. The van der Waals surface area contributed by atoms with Crippen molar-refractivity contribution in [1.29, 1.82) is 0 Å². The maximum absolute atomic E-state index is 13.8. The first-order valence-electron chi connectivity index (χ1n) is 14.1. The van der Waals surface area contributed by atoms with Gasteiger partial charge in [0.05, 0.1) is 11.9 Å². The minimum Gasteiger partial charge on any atom is -0.321 e. The topological polar surface area (TPSA) is 91.4 Å². The van der Waals surface area contributed by atoms with Crippen molar-refractivity contribution in [2.45, 2.75) is 38.1 Å². The molecular formula is C32H36N4O3S3. The van der Waals surface area contributed by atoms with Gasteiger partial charge in [0.25, 0.3) is 0 Å². The molecule has 0 saturated carbocycles. The lowest BCUT2D eigenvalue weighted by atomic mass is 9.88. The van der Waals surface area contributed by atoms with Crippen LogP contribution in [0.1, 0.15) is 41.2 Å². The minimum absolute atomic E-state index is 0.111. The summed E-state index contributed by atoms with van der Waals surface area (Å²) in [6.07, 6.45) is 3.91. The van der Waals surface area contributed by atoms with E-state index in [9.17, 15) is 13.2 Å². The standard InChI is InChI=1S/C32H36N4O3S3/c1-23-30(26-13-15-27(16-14-26)35-42(2,38)39)33-31(41-23)34-32(37)36(28-18-21-40-22-19-28)20-17-29(24-9-5-3-6-10-24)25-11-7-4-8-12-25/h3-16,28-29,35H,17-22H2,1-2H3,(H,33,34,37). The van der Waals surface area contributed by atoms with Crippen LogP contribution in [0.5, 0.6) is 0 Å². The van der Waals surface area contributed by atoms with Crippen LogP contribution in [0.25, 0.3) is 11.3 Å². The molecule has 0 radical (unpaired) electrons. The molecule has 1 aromatic heterocycles. The molecule has 0 aliphatic carbocycles. The molecule has 42 heavy (non-hydrogen) atoms. The summed E-state index contributed by atoms with van der Waals surface area (Å²) in [5.41, 5.74) is 4.63. The number of nitrogens with one attached hydrogen (secondary N) is 2. The second-order valence-electron chi connectivity index (χ2n) is 10.5. The molecule has 2 amide bonds. The van der Waals surface area contributed by atoms with Crippen molar-refractivity contribution in [3.63, 3.8) is 0 Å². The van der Waals surface area contributed by atoms with Crippen LogP contribution in [-0.4, -0.2) is 54.7 Å². The highest BCUT2D eigenvalue weighted by Gasteiger charge is 2.28. The van der Waals surface area contributed by atoms with Gasteiger partial charge in [-0.1, -0.05) is 72.8 Å². The van der Waals surface area contributed by atoms with Gasteiger partial charge in [-0.05, 0) is 61.0 Å². The van der Waals surface area contributed by atoms with Gasteiger partial charge in [-0.3, -0.25) is 10.0 Å². The summed E-state index contributed by atoms with van der Waals surface area (Å²) in [5, 5.41) is 3.67. The number of hydrogen-bond acceptors (Lipinski definition) is 6. The Kier molecular flexibility index (Phi) is 9.87. The Bertz CT molecular complexity index is 1530. The fourth-order valence-corrected chi connectivity index (χ4v) is 7.87. The maximum Gasteiger partial charge on any atom is 0.323 e. The predicted octanol–water partition coefficient (Wildman–Crippen LogP) is 7.44. The van der Waals surface area contributed by atoms with Crippen LogP contribution in [0.3, 0.4) is 0 Å². The second-order valence-corrected chi connectivity index (χ2v) is 14.7. The summed E-state index contributed by atoms with van der Waals surface area (Å²) >= 11 is 3.40. The summed E-state index contributed by atoms with van der Waals surface area (Å²) in [4.78, 5) is 21.6. The number of thiazole rings is 1. The second kappa shape index (κ2) is 13.8. The quantitative estimate of drug-likeness (QED) is 0.192. The number of thioether (sulfide) groups is 1. The summed E-state index contributed by atoms with van der Waals surface area (Å²) in [6.45, 7) is 2.62. The van der Waals surface area contributed by atoms with Gasteiger partial charge < -0.3 is 4.90 Å². The summed E-state index contributed by atoms with van der Waals surface area (Å²) in [6, 6.07) is 28.2. The molecule has 5 rings (SSSR count). The third-order valence-electron chi connectivity index (χ3n) is 7.43. The van der Waals surface area contributed by atoms with E-state index in [0.29, 0.717) is 17.4 Å². The molecule has 4 aromatic rings. The summed E-state index contributed by atoms with van der Waals surface area (Å²) < 4.78 is 25.6. The lowest BCUT2D eigenvalue weighted by Gasteiger charge is -2.35. The zero-order chi connectivity index (χ0) is 29.5. The molecule has 1 aliphatic rings. The molecule has 1 aliphatic heterocycles. The van der Waals surface area contributed by atoms with Gasteiger partial charge in [0.2, 0.25) is 10.0 Å². The number of hydrogen-bond donors (Lipinski definition) is 2. The number of carbonyl (C=O) groups is 1. The van der Waals surface area contributed by atoms with Crippen molar-refractivity contribution in [3.8, 4) is 11.3 Å². The van der Waals surface area contributed by atoms with Gasteiger partial charge in [0.15, 0.2) is 5.13 Å². The van der Waals surface area contributed by atoms with Crippen LogP contribution in [-0.2, 0) is 10.0 Å². The molecular weight excluding hydrogens is 585 g/mol. The molecule has 0 unspecified atom stereocenters. The number of benzene rings is 3. The van der Waals surface area contributed by atoms with Crippen LogP contribution in [0.15, 0.2) is 84.9 Å². The van der Waals surface area contributed by atoms with Crippen molar-refractivity contribution in [3.05, 3.63) is 101 Å². The van der Waals surface area contributed by atoms with Gasteiger partial charge in [-0.15, -0.1) is 11.3 Å². The largest absolute Gasteiger partial charge is 0.323 e. The number of urea groups is 1. The molecule has 2 heterocycles. The van der Waals surface area contributed by atoms with Crippen LogP contribution in [0.2, 0.25) is 0 Å². The number of amides is 2. The van der Waals surface area contributed by atoms with Crippen molar-refractivity contribution in [2.24, 2.45) is 0 Å². The van der Waals surface area contributed by atoms with Crippen LogP contribution in [0, 0.1) is 6.92 Å². The number of carbonyl (C=O) groups excluding carboxylic acids is 1. The van der Waals surface area contributed by atoms with E-state index in [0.717, 1.165) is 53.2 Å². The molecule has 2 N–H and O–H groups in total. The molecule has 0 atom stereocenters. The zero-order valence-corrected chi connectivity index (χ0v) is 26.3. The van der Waals surface area contributed by atoms with Gasteiger partial charge in [0.1, 0.15) is 0 Å². The highest BCUT2D eigenvalue weighted by molar-refractivity contribution is 7.99. The Hall–Kier alpha value is -3.34. The Morgan fingerprint density at radius 1 is 0.952 bits per heavy atom. The molecule has 1 fully saturated rings. The normalized spacial score (nSPS) is 14.1. The average Bonchev–Trinajstić information content (AvgIpc) is 3.35. The van der Waals surface area contributed by atoms with Crippen molar-refractivity contribution < 1.29 is 13.2 Å². The van der Waals surface area contributed by atoms with Gasteiger partial charge >= 0.3 is 6.03 Å². The summed E-state index contributed by atoms with van der Waals surface area (Å²) in [7, 11) is -3.35. The van der Waals surface area contributed by atoms with E-state index in [1.54, 1.807) is 12.1 Å². The first kappa shape index (κ1) is 30.1. The summed E-state index contributed by atoms with van der Waals surface area (Å²) in [5.74, 6) is 2.30. The van der Waals surface area contributed by atoms with E-state index >= 15 is 0 Å². The monoisotopic (exact) mass is 620 g/mol. The zero-order valence-electron chi connectivity index (χ0n) is 23.8. The van der Waals surface area contributed by atoms with Crippen LogP contribution in [0.4, 0.5) is 15.6 Å². The van der Waals surface area contributed by atoms with E-state index in [4.69, 9.17) is 4.98 Å². The third kappa shape index (κ3) is 7.93. The number of anilines is 2.